The van der Waals surface area contributed by atoms with Crippen molar-refractivity contribution in [2.45, 2.75) is 0 Å². The Morgan fingerprint density at radius 2 is 1.73 bits per heavy atom. The molecule has 0 radical (unpaired) electrons. The van der Waals surface area contributed by atoms with Crippen molar-refractivity contribution < 1.29 is 19.1 Å². The van der Waals surface area contributed by atoms with Crippen LogP contribution in [0.3, 0.4) is 0 Å². The quantitative estimate of drug-likeness (QED) is 0.366. The average molecular weight is 462 g/mol. The topological polar surface area (TPSA) is 100 Å². The summed E-state index contributed by atoms with van der Waals surface area (Å²) < 4.78 is 10.9. The molecule has 3 aromatic rings. The van der Waals surface area contributed by atoms with E-state index in [0.29, 0.717) is 33.5 Å². The normalized spacial score (nSPS) is 10.6. The maximum Gasteiger partial charge on any atom is 0.266 e. The minimum absolute atomic E-state index is 0.104. The van der Waals surface area contributed by atoms with Crippen molar-refractivity contribution in [2.75, 3.05) is 24.4 Å². The van der Waals surface area contributed by atoms with Crippen LogP contribution < -0.4 is 20.1 Å². The molecule has 0 fully saturated rings. The average Bonchev–Trinajstić information content (AvgIpc) is 2.82. The van der Waals surface area contributed by atoms with Crippen LogP contribution in [0.2, 0.25) is 5.02 Å². The molecular formula is C25H20ClN3O4. The number of methoxy groups -OCH3 is 1. The number of anilines is 2. The van der Waals surface area contributed by atoms with Crippen LogP contribution in [0, 0.1) is 11.3 Å². The van der Waals surface area contributed by atoms with Gasteiger partial charge in [0.05, 0.1) is 7.11 Å². The number of ether oxygens (including phenoxy) is 2. The molecule has 166 valence electrons. The largest absolute Gasteiger partial charge is 0.493 e. The van der Waals surface area contributed by atoms with Gasteiger partial charge in [-0.2, -0.15) is 5.26 Å². The second kappa shape index (κ2) is 11.4. The van der Waals surface area contributed by atoms with E-state index in [9.17, 15) is 14.9 Å². The zero-order chi connectivity index (χ0) is 23.6. The van der Waals surface area contributed by atoms with E-state index in [2.05, 4.69) is 10.6 Å². The number of amides is 2. The van der Waals surface area contributed by atoms with Crippen molar-refractivity contribution in [2.24, 2.45) is 0 Å². The predicted octanol–water partition coefficient (Wildman–Crippen LogP) is 4.91. The van der Waals surface area contributed by atoms with Crippen LogP contribution in [0.5, 0.6) is 11.5 Å². The Morgan fingerprint density at radius 1 is 0.970 bits per heavy atom. The summed E-state index contributed by atoms with van der Waals surface area (Å²) in [5, 5.41) is 15.3. The maximum atomic E-state index is 12.5. The van der Waals surface area contributed by atoms with Crippen molar-refractivity contribution in [3.8, 4) is 17.6 Å². The molecule has 0 heterocycles. The first kappa shape index (κ1) is 23.4. The maximum absolute atomic E-state index is 12.5. The molecule has 33 heavy (non-hydrogen) atoms. The van der Waals surface area contributed by atoms with Crippen LogP contribution in [-0.4, -0.2) is 25.5 Å². The third-order valence-electron chi connectivity index (χ3n) is 4.36. The standard InChI is InChI=1S/C25H20ClN3O4/c1-32-23-13-17(12-18(15-27)25(31)29-21-9-5-6-19(26)14-21)10-11-22(23)33-16-24(30)28-20-7-3-2-4-8-20/h2-14H,16H2,1H3,(H,28,30)(H,29,31)/b18-12+. The summed E-state index contributed by atoms with van der Waals surface area (Å²) in [4.78, 5) is 24.6. The Hall–Kier alpha value is -4.28. The molecule has 0 aliphatic rings. The summed E-state index contributed by atoms with van der Waals surface area (Å²) in [6.45, 7) is -0.216. The van der Waals surface area contributed by atoms with Crippen LogP contribution in [0.25, 0.3) is 6.08 Å². The third kappa shape index (κ3) is 6.86. The molecule has 0 unspecified atom stereocenters. The molecule has 0 spiro atoms. The number of hydrogen-bond donors (Lipinski definition) is 2. The Bertz CT molecular complexity index is 1220. The van der Waals surface area contributed by atoms with E-state index in [1.54, 1.807) is 54.6 Å². The second-order valence-electron chi connectivity index (χ2n) is 6.75. The van der Waals surface area contributed by atoms with Crippen molar-refractivity contribution >= 4 is 40.9 Å². The fourth-order valence-electron chi connectivity index (χ4n) is 2.83. The first-order valence-corrected chi connectivity index (χ1v) is 10.2. The first-order chi connectivity index (χ1) is 16.0. The molecule has 0 aromatic heterocycles. The van der Waals surface area contributed by atoms with E-state index in [4.69, 9.17) is 21.1 Å². The second-order valence-corrected chi connectivity index (χ2v) is 7.18. The SMILES string of the molecule is COc1cc(/C=C(\C#N)C(=O)Nc2cccc(Cl)c2)ccc1OCC(=O)Nc1ccccc1. The molecule has 0 saturated carbocycles. The van der Waals surface area contributed by atoms with Crippen molar-refractivity contribution in [1.29, 1.82) is 5.26 Å². The fraction of sp³-hybridized carbons (Fsp3) is 0.0800. The van der Waals surface area contributed by atoms with Crippen molar-refractivity contribution in [1.82, 2.24) is 0 Å². The number of nitrogens with zero attached hydrogens (tertiary/aromatic N) is 1. The number of halogens is 1. The van der Waals surface area contributed by atoms with Gasteiger partial charge in [0.2, 0.25) is 0 Å². The van der Waals surface area contributed by atoms with Gasteiger partial charge in [0, 0.05) is 16.4 Å². The number of hydrogen-bond acceptors (Lipinski definition) is 5. The third-order valence-corrected chi connectivity index (χ3v) is 4.60. The van der Waals surface area contributed by atoms with Crippen molar-refractivity contribution in [3.05, 3.63) is 89.0 Å². The van der Waals surface area contributed by atoms with Gasteiger partial charge < -0.3 is 20.1 Å². The lowest BCUT2D eigenvalue weighted by Crippen LogP contribution is -2.20. The molecule has 0 saturated heterocycles. The van der Waals surface area contributed by atoms with Gasteiger partial charge in [-0.05, 0) is 54.1 Å². The summed E-state index contributed by atoms with van der Waals surface area (Å²) in [6, 6.07) is 22.4. The minimum Gasteiger partial charge on any atom is -0.493 e. The lowest BCUT2D eigenvalue weighted by Gasteiger charge is -2.12. The summed E-state index contributed by atoms with van der Waals surface area (Å²) >= 11 is 5.92. The molecule has 7 nitrogen and oxygen atoms in total. The molecular weight excluding hydrogens is 442 g/mol. The van der Waals surface area contributed by atoms with E-state index >= 15 is 0 Å². The predicted molar refractivity (Wildman–Crippen MR) is 127 cm³/mol. The number of carbonyl (C=O) groups is 2. The Labute approximate surface area is 196 Å². The zero-order valence-electron chi connectivity index (χ0n) is 17.7. The number of para-hydroxylation sites is 1. The summed E-state index contributed by atoms with van der Waals surface area (Å²) in [5.74, 6) is -0.197. The lowest BCUT2D eigenvalue weighted by molar-refractivity contribution is -0.118. The van der Waals surface area contributed by atoms with Gasteiger partial charge in [0.15, 0.2) is 18.1 Å². The van der Waals surface area contributed by atoms with E-state index in [0.717, 1.165) is 0 Å². The summed E-state index contributed by atoms with van der Waals surface area (Å²) in [7, 11) is 1.46. The van der Waals surface area contributed by atoms with E-state index in [-0.39, 0.29) is 18.1 Å². The number of carbonyl (C=O) groups excluding carboxylic acids is 2. The fourth-order valence-corrected chi connectivity index (χ4v) is 3.03. The molecule has 3 aromatic carbocycles. The minimum atomic E-state index is -0.573. The molecule has 2 amide bonds. The molecule has 0 atom stereocenters. The Morgan fingerprint density at radius 3 is 2.42 bits per heavy atom. The number of benzene rings is 3. The van der Waals surface area contributed by atoms with Crippen molar-refractivity contribution in [3.63, 3.8) is 0 Å². The van der Waals surface area contributed by atoms with Gasteiger partial charge in [0.1, 0.15) is 11.6 Å². The molecule has 3 rings (SSSR count). The van der Waals surface area contributed by atoms with E-state index < -0.39 is 5.91 Å². The van der Waals surface area contributed by atoms with Crippen LogP contribution in [0.1, 0.15) is 5.56 Å². The highest BCUT2D eigenvalue weighted by molar-refractivity contribution is 6.31. The summed E-state index contributed by atoms with van der Waals surface area (Å²) in [6.07, 6.45) is 1.42. The molecule has 0 aliphatic carbocycles. The highest BCUT2D eigenvalue weighted by Gasteiger charge is 2.12. The van der Waals surface area contributed by atoms with Crippen LogP contribution >= 0.6 is 11.6 Å². The molecule has 0 bridgehead atoms. The molecule has 2 N–H and O–H groups in total. The molecule has 0 aliphatic heterocycles. The Kier molecular flexibility index (Phi) is 8.06. The van der Waals surface area contributed by atoms with Gasteiger partial charge in [-0.15, -0.1) is 0 Å². The highest BCUT2D eigenvalue weighted by Crippen LogP contribution is 2.29. The van der Waals surface area contributed by atoms with E-state index in [1.165, 1.54) is 13.2 Å². The zero-order valence-corrected chi connectivity index (χ0v) is 18.4. The van der Waals surface area contributed by atoms with Gasteiger partial charge in [-0.1, -0.05) is 41.9 Å². The van der Waals surface area contributed by atoms with Crippen LogP contribution in [0.15, 0.2) is 78.4 Å². The van der Waals surface area contributed by atoms with Gasteiger partial charge in [0.25, 0.3) is 11.8 Å². The summed E-state index contributed by atoms with van der Waals surface area (Å²) in [5.41, 5.74) is 1.58. The number of nitrogens with one attached hydrogen (secondary N) is 2. The van der Waals surface area contributed by atoms with Gasteiger partial charge in [-0.25, -0.2) is 0 Å². The number of rotatable bonds is 8. The number of nitriles is 1. The van der Waals surface area contributed by atoms with Gasteiger partial charge in [-0.3, -0.25) is 9.59 Å². The highest BCUT2D eigenvalue weighted by atomic mass is 35.5. The molecule has 8 heteroatoms. The van der Waals surface area contributed by atoms with Gasteiger partial charge >= 0.3 is 0 Å². The smallest absolute Gasteiger partial charge is 0.266 e. The Balaban J connectivity index is 1.68. The van der Waals surface area contributed by atoms with Crippen LogP contribution in [0.4, 0.5) is 11.4 Å². The van der Waals surface area contributed by atoms with Crippen LogP contribution in [-0.2, 0) is 9.59 Å². The van der Waals surface area contributed by atoms with E-state index in [1.807, 2.05) is 24.3 Å². The lowest BCUT2D eigenvalue weighted by atomic mass is 10.1. The monoisotopic (exact) mass is 461 g/mol. The first-order valence-electron chi connectivity index (χ1n) is 9.83.